The first-order chi connectivity index (χ1) is 7.67. The molecule has 0 amide bonds. The Bertz CT molecular complexity index is 404. The standard InChI is InChI=1S/C12H12O4/c1-3-4-11(13)16-12(14)9-5-7-10(15-2)8-6-9/h3-8H,1-2H3/b4-3+. The normalized spacial score (nSPS) is 10.1. The average Bonchev–Trinajstić information content (AvgIpc) is 2.29. The lowest BCUT2D eigenvalue weighted by molar-refractivity contribution is -0.132. The number of hydrogen-bond donors (Lipinski definition) is 0. The van der Waals surface area contributed by atoms with Gasteiger partial charge in [0, 0.05) is 6.08 Å². The molecule has 4 nitrogen and oxygen atoms in total. The topological polar surface area (TPSA) is 52.6 Å². The monoisotopic (exact) mass is 220 g/mol. The van der Waals surface area contributed by atoms with Gasteiger partial charge in [-0.2, -0.15) is 0 Å². The van der Waals surface area contributed by atoms with Crippen molar-refractivity contribution in [2.75, 3.05) is 7.11 Å². The van der Waals surface area contributed by atoms with E-state index in [4.69, 9.17) is 4.74 Å². The van der Waals surface area contributed by atoms with E-state index in [1.807, 2.05) is 0 Å². The Morgan fingerprint density at radius 2 is 1.81 bits per heavy atom. The van der Waals surface area contributed by atoms with Gasteiger partial charge < -0.3 is 9.47 Å². The van der Waals surface area contributed by atoms with Crippen LogP contribution in [0.15, 0.2) is 36.4 Å². The quantitative estimate of drug-likeness (QED) is 0.444. The molecule has 1 aromatic carbocycles. The summed E-state index contributed by atoms with van der Waals surface area (Å²) in [7, 11) is 1.53. The van der Waals surface area contributed by atoms with Crippen molar-refractivity contribution in [2.24, 2.45) is 0 Å². The highest BCUT2D eigenvalue weighted by molar-refractivity contribution is 5.99. The number of carbonyl (C=O) groups is 2. The van der Waals surface area contributed by atoms with E-state index >= 15 is 0 Å². The minimum absolute atomic E-state index is 0.304. The van der Waals surface area contributed by atoms with Crippen LogP contribution in [0.5, 0.6) is 5.75 Å². The molecule has 0 heterocycles. The highest BCUT2D eigenvalue weighted by atomic mass is 16.6. The van der Waals surface area contributed by atoms with E-state index in [1.165, 1.54) is 31.4 Å². The van der Waals surface area contributed by atoms with Gasteiger partial charge in [0.1, 0.15) is 5.75 Å². The van der Waals surface area contributed by atoms with E-state index in [0.29, 0.717) is 11.3 Å². The summed E-state index contributed by atoms with van der Waals surface area (Å²) in [6.45, 7) is 1.67. The second-order valence-electron chi connectivity index (χ2n) is 2.94. The number of ether oxygens (including phenoxy) is 2. The maximum atomic E-state index is 11.4. The van der Waals surface area contributed by atoms with Gasteiger partial charge >= 0.3 is 11.9 Å². The predicted octanol–water partition coefficient (Wildman–Crippen LogP) is 1.95. The zero-order valence-corrected chi connectivity index (χ0v) is 9.10. The number of esters is 2. The Kier molecular flexibility index (Phi) is 4.27. The summed E-state index contributed by atoms with van der Waals surface area (Å²) in [6.07, 6.45) is 2.69. The van der Waals surface area contributed by atoms with Gasteiger partial charge in [-0.25, -0.2) is 9.59 Å². The molecule has 1 aromatic rings. The number of allylic oxidation sites excluding steroid dienone is 1. The molecular weight excluding hydrogens is 208 g/mol. The number of benzene rings is 1. The van der Waals surface area contributed by atoms with Crippen LogP contribution < -0.4 is 4.74 Å². The maximum absolute atomic E-state index is 11.4. The van der Waals surface area contributed by atoms with Crippen LogP contribution in [0.4, 0.5) is 0 Å². The van der Waals surface area contributed by atoms with Gasteiger partial charge in [0.05, 0.1) is 12.7 Å². The van der Waals surface area contributed by atoms with Gasteiger partial charge in [-0.15, -0.1) is 0 Å². The molecule has 0 atom stereocenters. The molecule has 0 bridgehead atoms. The van der Waals surface area contributed by atoms with Crippen LogP contribution in [-0.4, -0.2) is 19.0 Å². The third-order valence-corrected chi connectivity index (χ3v) is 1.82. The lowest BCUT2D eigenvalue weighted by Crippen LogP contribution is -2.10. The largest absolute Gasteiger partial charge is 0.497 e. The molecule has 0 fully saturated rings. The number of methoxy groups -OCH3 is 1. The van der Waals surface area contributed by atoms with E-state index in [9.17, 15) is 9.59 Å². The van der Waals surface area contributed by atoms with Gasteiger partial charge in [-0.05, 0) is 31.2 Å². The summed E-state index contributed by atoms with van der Waals surface area (Å²) >= 11 is 0. The molecule has 0 unspecified atom stereocenters. The van der Waals surface area contributed by atoms with Crippen LogP contribution in [0.25, 0.3) is 0 Å². The Labute approximate surface area is 93.5 Å². The van der Waals surface area contributed by atoms with E-state index in [1.54, 1.807) is 19.1 Å². The van der Waals surface area contributed by atoms with Gasteiger partial charge in [-0.1, -0.05) is 6.08 Å². The van der Waals surface area contributed by atoms with Crippen molar-refractivity contribution >= 4 is 11.9 Å². The number of carbonyl (C=O) groups excluding carboxylic acids is 2. The Morgan fingerprint density at radius 1 is 1.19 bits per heavy atom. The minimum Gasteiger partial charge on any atom is -0.497 e. The first-order valence-electron chi connectivity index (χ1n) is 4.70. The predicted molar refractivity (Wildman–Crippen MR) is 58.2 cm³/mol. The van der Waals surface area contributed by atoms with Crippen molar-refractivity contribution < 1.29 is 19.1 Å². The van der Waals surface area contributed by atoms with Gasteiger partial charge in [0.15, 0.2) is 0 Å². The van der Waals surface area contributed by atoms with Crippen molar-refractivity contribution in [1.29, 1.82) is 0 Å². The molecule has 16 heavy (non-hydrogen) atoms. The smallest absolute Gasteiger partial charge is 0.346 e. The molecule has 0 aliphatic carbocycles. The molecule has 0 N–H and O–H groups in total. The lowest BCUT2D eigenvalue weighted by Gasteiger charge is -2.02. The summed E-state index contributed by atoms with van der Waals surface area (Å²) in [5, 5.41) is 0. The summed E-state index contributed by atoms with van der Waals surface area (Å²) in [5.74, 6) is -0.717. The fourth-order valence-corrected chi connectivity index (χ4v) is 1.05. The van der Waals surface area contributed by atoms with Crippen molar-refractivity contribution in [3.63, 3.8) is 0 Å². The average molecular weight is 220 g/mol. The van der Waals surface area contributed by atoms with Gasteiger partial charge in [-0.3, -0.25) is 0 Å². The zero-order valence-electron chi connectivity index (χ0n) is 9.10. The van der Waals surface area contributed by atoms with Crippen molar-refractivity contribution in [3.8, 4) is 5.75 Å². The fourth-order valence-electron chi connectivity index (χ4n) is 1.05. The number of hydrogen-bond acceptors (Lipinski definition) is 4. The molecule has 0 aliphatic rings. The zero-order chi connectivity index (χ0) is 12.0. The Hall–Kier alpha value is -2.10. The van der Waals surface area contributed by atoms with Crippen molar-refractivity contribution in [1.82, 2.24) is 0 Å². The second-order valence-corrected chi connectivity index (χ2v) is 2.94. The molecule has 0 saturated carbocycles. The summed E-state index contributed by atoms with van der Waals surface area (Å²) in [4.78, 5) is 22.4. The van der Waals surface area contributed by atoms with E-state index in [2.05, 4.69) is 4.74 Å². The lowest BCUT2D eigenvalue weighted by atomic mass is 10.2. The molecule has 84 valence electrons. The van der Waals surface area contributed by atoms with Crippen molar-refractivity contribution in [2.45, 2.75) is 6.92 Å². The molecule has 1 rings (SSSR count). The summed E-state index contributed by atoms with van der Waals surface area (Å²) in [5.41, 5.74) is 0.304. The van der Waals surface area contributed by atoms with E-state index < -0.39 is 11.9 Å². The van der Waals surface area contributed by atoms with Crippen LogP contribution >= 0.6 is 0 Å². The molecule has 0 spiro atoms. The first-order valence-corrected chi connectivity index (χ1v) is 4.70. The molecule has 0 aliphatic heterocycles. The fraction of sp³-hybridized carbons (Fsp3) is 0.167. The maximum Gasteiger partial charge on any atom is 0.346 e. The molecule has 0 aromatic heterocycles. The highest BCUT2D eigenvalue weighted by Gasteiger charge is 2.10. The Morgan fingerprint density at radius 3 is 2.31 bits per heavy atom. The van der Waals surface area contributed by atoms with E-state index in [-0.39, 0.29) is 0 Å². The van der Waals surface area contributed by atoms with Crippen LogP contribution in [-0.2, 0) is 9.53 Å². The van der Waals surface area contributed by atoms with Gasteiger partial charge in [0.25, 0.3) is 0 Å². The number of rotatable bonds is 3. The second kappa shape index (κ2) is 5.70. The Balaban J connectivity index is 2.69. The third-order valence-electron chi connectivity index (χ3n) is 1.82. The molecular formula is C12H12O4. The molecule has 0 radical (unpaired) electrons. The summed E-state index contributed by atoms with van der Waals surface area (Å²) < 4.78 is 9.48. The van der Waals surface area contributed by atoms with Crippen LogP contribution in [0.3, 0.4) is 0 Å². The first kappa shape index (κ1) is 12.0. The van der Waals surface area contributed by atoms with E-state index in [0.717, 1.165) is 0 Å². The van der Waals surface area contributed by atoms with Gasteiger partial charge in [0.2, 0.25) is 0 Å². The van der Waals surface area contributed by atoms with Crippen molar-refractivity contribution in [3.05, 3.63) is 42.0 Å². The highest BCUT2D eigenvalue weighted by Crippen LogP contribution is 2.12. The summed E-state index contributed by atoms with van der Waals surface area (Å²) in [6, 6.07) is 6.31. The molecule has 0 saturated heterocycles. The minimum atomic E-state index is -0.677. The van der Waals surface area contributed by atoms with Crippen LogP contribution in [0.2, 0.25) is 0 Å². The van der Waals surface area contributed by atoms with Crippen LogP contribution in [0.1, 0.15) is 17.3 Å². The molecule has 4 heteroatoms. The SMILES string of the molecule is C/C=C/C(=O)OC(=O)c1ccc(OC)cc1. The third kappa shape index (κ3) is 3.24. The van der Waals surface area contributed by atoms with Crippen LogP contribution in [0, 0.1) is 0 Å².